The molecule has 0 aromatic rings. The Labute approximate surface area is 158 Å². The molecular weight excluding hydrogens is 334 g/mol. The number of Topliss-reactive ketones (excluding diaryl/α,β-unsaturated/α-hetero) is 1. The Balaban J connectivity index is 1.95. The first-order valence-corrected chi connectivity index (χ1v) is 10.0. The standard InChI is InChI=1S/C19H37N3O4/c1-3-14-25-16-17-26-15-7-20-19(24)6-9-22-12-10-21(11-13-22)8-5-18(23)4-2/h3-17H2,1-2H3,(H,20,24). The average molecular weight is 372 g/mol. The van der Waals surface area contributed by atoms with Crippen LogP contribution in [-0.4, -0.2) is 93.7 Å². The lowest BCUT2D eigenvalue weighted by Gasteiger charge is -2.34. The number of rotatable bonds is 15. The summed E-state index contributed by atoms with van der Waals surface area (Å²) >= 11 is 0. The molecule has 1 fully saturated rings. The zero-order valence-electron chi connectivity index (χ0n) is 16.6. The maximum absolute atomic E-state index is 11.9. The molecule has 7 heteroatoms. The van der Waals surface area contributed by atoms with Gasteiger partial charge in [-0.25, -0.2) is 0 Å². The third-order valence-electron chi connectivity index (χ3n) is 4.51. The molecule has 0 unspecified atom stereocenters. The van der Waals surface area contributed by atoms with Crippen molar-refractivity contribution in [1.82, 2.24) is 15.1 Å². The van der Waals surface area contributed by atoms with Gasteiger partial charge in [-0.15, -0.1) is 0 Å². The van der Waals surface area contributed by atoms with Crippen molar-refractivity contribution in [2.24, 2.45) is 0 Å². The van der Waals surface area contributed by atoms with E-state index in [4.69, 9.17) is 9.47 Å². The second kappa shape index (κ2) is 15.1. The van der Waals surface area contributed by atoms with Crippen molar-refractivity contribution >= 4 is 11.7 Å². The van der Waals surface area contributed by atoms with Crippen LogP contribution < -0.4 is 5.32 Å². The van der Waals surface area contributed by atoms with Gasteiger partial charge in [-0.3, -0.25) is 9.59 Å². The Hall–Kier alpha value is -1.02. The van der Waals surface area contributed by atoms with E-state index >= 15 is 0 Å². The molecule has 0 atom stereocenters. The van der Waals surface area contributed by atoms with E-state index in [0.29, 0.717) is 51.4 Å². The van der Waals surface area contributed by atoms with Crippen LogP contribution in [0, 0.1) is 0 Å². The highest BCUT2D eigenvalue weighted by atomic mass is 16.5. The first-order valence-electron chi connectivity index (χ1n) is 10.0. The molecule has 1 N–H and O–H groups in total. The summed E-state index contributed by atoms with van der Waals surface area (Å²) in [6, 6.07) is 0. The molecule has 0 saturated carbocycles. The van der Waals surface area contributed by atoms with E-state index in [-0.39, 0.29) is 5.91 Å². The van der Waals surface area contributed by atoms with Gasteiger partial charge in [-0.1, -0.05) is 13.8 Å². The van der Waals surface area contributed by atoms with Crippen molar-refractivity contribution in [3.05, 3.63) is 0 Å². The van der Waals surface area contributed by atoms with Crippen LogP contribution in [0.1, 0.15) is 39.5 Å². The predicted octanol–water partition coefficient (Wildman–Crippen LogP) is 0.923. The monoisotopic (exact) mass is 371 g/mol. The molecule has 0 aromatic heterocycles. The van der Waals surface area contributed by atoms with Crippen LogP contribution >= 0.6 is 0 Å². The van der Waals surface area contributed by atoms with Crippen LogP contribution in [0.25, 0.3) is 0 Å². The maximum Gasteiger partial charge on any atom is 0.221 e. The molecule has 26 heavy (non-hydrogen) atoms. The van der Waals surface area contributed by atoms with Gasteiger partial charge in [-0.2, -0.15) is 0 Å². The first kappa shape index (κ1) is 23.0. The Bertz CT molecular complexity index is 385. The number of carbonyl (C=O) groups excluding carboxylic acids is 2. The van der Waals surface area contributed by atoms with E-state index in [2.05, 4.69) is 22.0 Å². The van der Waals surface area contributed by atoms with Crippen LogP contribution in [0.2, 0.25) is 0 Å². The number of ketones is 1. The topological polar surface area (TPSA) is 71.1 Å². The van der Waals surface area contributed by atoms with Gasteiger partial charge in [0.1, 0.15) is 5.78 Å². The quantitative estimate of drug-likeness (QED) is 0.432. The SMILES string of the molecule is CCCOCCOCCNC(=O)CCN1CCN(CCC(=O)CC)CC1. The summed E-state index contributed by atoms with van der Waals surface area (Å²) in [7, 11) is 0. The number of nitrogens with one attached hydrogen (secondary N) is 1. The van der Waals surface area contributed by atoms with Gasteiger partial charge in [0.25, 0.3) is 0 Å². The van der Waals surface area contributed by atoms with Crippen LogP contribution in [0.4, 0.5) is 0 Å². The zero-order chi connectivity index (χ0) is 19.0. The normalized spacial score (nSPS) is 15.9. The van der Waals surface area contributed by atoms with Crippen molar-refractivity contribution in [3.63, 3.8) is 0 Å². The van der Waals surface area contributed by atoms with Crippen molar-refractivity contribution in [3.8, 4) is 0 Å². The number of carbonyl (C=O) groups is 2. The van der Waals surface area contributed by atoms with E-state index in [1.54, 1.807) is 0 Å². The fraction of sp³-hybridized carbons (Fsp3) is 0.895. The third-order valence-corrected chi connectivity index (χ3v) is 4.51. The van der Waals surface area contributed by atoms with E-state index in [0.717, 1.165) is 52.3 Å². The minimum atomic E-state index is 0.0757. The lowest BCUT2D eigenvalue weighted by molar-refractivity contribution is -0.122. The van der Waals surface area contributed by atoms with E-state index in [9.17, 15) is 9.59 Å². The van der Waals surface area contributed by atoms with E-state index < -0.39 is 0 Å². The van der Waals surface area contributed by atoms with Gasteiger partial charge in [0.2, 0.25) is 5.91 Å². The van der Waals surface area contributed by atoms with Gasteiger partial charge in [0, 0.05) is 71.7 Å². The molecule has 1 rings (SSSR count). The predicted molar refractivity (Wildman–Crippen MR) is 102 cm³/mol. The molecule has 0 aromatic carbocycles. The second-order valence-corrected chi connectivity index (χ2v) is 6.65. The zero-order valence-corrected chi connectivity index (χ0v) is 16.6. The van der Waals surface area contributed by atoms with Gasteiger partial charge >= 0.3 is 0 Å². The van der Waals surface area contributed by atoms with Crippen LogP contribution in [0.15, 0.2) is 0 Å². The highest BCUT2D eigenvalue weighted by Crippen LogP contribution is 2.04. The summed E-state index contributed by atoms with van der Waals surface area (Å²) in [6.07, 6.45) is 2.83. The number of hydrogen-bond donors (Lipinski definition) is 1. The molecule has 0 radical (unpaired) electrons. The van der Waals surface area contributed by atoms with Gasteiger partial charge in [-0.05, 0) is 6.42 Å². The molecule has 7 nitrogen and oxygen atoms in total. The van der Waals surface area contributed by atoms with Crippen LogP contribution in [-0.2, 0) is 19.1 Å². The Morgan fingerprint density at radius 1 is 0.846 bits per heavy atom. The lowest BCUT2D eigenvalue weighted by atomic mass is 10.2. The maximum atomic E-state index is 11.9. The van der Waals surface area contributed by atoms with E-state index in [1.165, 1.54) is 0 Å². The van der Waals surface area contributed by atoms with Gasteiger partial charge < -0.3 is 24.6 Å². The molecule has 152 valence electrons. The molecule has 1 aliphatic rings. The molecule has 1 amide bonds. The number of amides is 1. The van der Waals surface area contributed by atoms with E-state index in [1.807, 2.05) is 6.92 Å². The van der Waals surface area contributed by atoms with Crippen molar-refractivity contribution in [2.45, 2.75) is 39.5 Å². The number of hydrogen-bond acceptors (Lipinski definition) is 6. The van der Waals surface area contributed by atoms with Gasteiger partial charge in [0.05, 0.1) is 19.8 Å². The Morgan fingerprint density at radius 3 is 2.00 bits per heavy atom. The number of ether oxygens (including phenoxy) is 2. The lowest BCUT2D eigenvalue weighted by Crippen LogP contribution is -2.47. The average Bonchev–Trinajstić information content (AvgIpc) is 2.67. The minimum absolute atomic E-state index is 0.0757. The minimum Gasteiger partial charge on any atom is -0.379 e. The highest BCUT2D eigenvalue weighted by molar-refractivity contribution is 5.78. The molecule has 1 heterocycles. The van der Waals surface area contributed by atoms with Crippen molar-refractivity contribution < 1.29 is 19.1 Å². The molecule has 1 aliphatic heterocycles. The van der Waals surface area contributed by atoms with Crippen molar-refractivity contribution in [1.29, 1.82) is 0 Å². The van der Waals surface area contributed by atoms with Gasteiger partial charge in [0.15, 0.2) is 0 Å². The summed E-state index contributed by atoms with van der Waals surface area (Å²) in [5.41, 5.74) is 0. The smallest absolute Gasteiger partial charge is 0.221 e. The molecule has 0 spiro atoms. The Kier molecular flexibility index (Phi) is 13.4. The van der Waals surface area contributed by atoms with Crippen LogP contribution in [0.5, 0.6) is 0 Å². The number of nitrogens with zero attached hydrogens (tertiary/aromatic N) is 2. The molecule has 0 bridgehead atoms. The Morgan fingerprint density at radius 2 is 1.42 bits per heavy atom. The third kappa shape index (κ3) is 11.6. The largest absolute Gasteiger partial charge is 0.379 e. The second-order valence-electron chi connectivity index (χ2n) is 6.65. The number of piperazine rings is 1. The highest BCUT2D eigenvalue weighted by Gasteiger charge is 2.17. The van der Waals surface area contributed by atoms with Crippen molar-refractivity contribution in [2.75, 3.05) is 72.2 Å². The summed E-state index contributed by atoms with van der Waals surface area (Å²) in [5, 5.41) is 2.89. The fourth-order valence-electron chi connectivity index (χ4n) is 2.77. The molecule has 0 aliphatic carbocycles. The first-order chi connectivity index (χ1) is 12.7. The fourth-order valence-corrected chi connectivity index (χ4v) is 2.77. The summed E-state index contributed by atoms with van der Waals surface area (Å²) in [4.78, 5) is 27.9. The summed E-state index contributed by atoms with van der Waals surface area (Å²) in [6.45, 7) is 12.6. The molecular formula is C19H37N3O4. The summed E-state index contributed by atoms with van der Waals surface area (Å²) < 4.78 is 10.7. The van der Waals surface area contributed by atoms with Crippen LogP contribution in [0.3, 0.4) is 0 Å². The molecule has 1 saturated heterocycles. The summed E-state index contributed by atoms with van der Waals surface area (Å²) in [5.74, 6) is 0.411.